The average Bonchev–Trinajstić information content (AvgIpc) is 2.50. The number of halogens is 2. The van der Waals surface area contributed by atoms with E-state index in [1.54, 1.807) is 17.0 Å². The van der Waals surface area contributed by atoms with Crippen molar-refractivity contribution >= 4 is 17.6 Å². The number of carbonyl (C=O) groups is 1. The third kappa shape index (κ3) is 4.32. The lowest BCUT2D eigenvalue weighted by atomic mass is 9.99. The number of nitrogens with zero attached hydrogens (tertiary/aromatic N) is 1. The van der Waals surface area contributed by atoms with Gasteiger partial charge in [0.05, 0.1) is 0 Å². The number of hydrogen-bond acceptors (Lipinski definition) is 2. The Bertz CT molecular complexity index is 478. The van der Waals surface area contributed by atoms with E-state index >= 15 is 0 Å². The van der Waals surface area contributed by atoms with Gasteiger partial charge >= 0.3 is 6.03 Å². The highest BCUT2D eigenvalue weighted by molar-refractivity contribution is 6.31. The quantitative estimate of drug-likeness (QED) is 0.897. The van der Waals surface area contributed by atoms with Crippen LogP contribution in [0.5, 0.6) is 0 Å². The molecule has 0 spiro atoms. The third-order valence-corrected chi connectivity index (χ3v) is 4.13. The van der Waals surface area contributed by atoms with Crippen LogP contribution in [-0.2, 0) is 6.42 Å². The minimum atomic E-state index is -0.352. The van der Waals surface area contributed by atoms with Crippen LogP contribution in [0.15, 0.2) is 18.2 Å². The minimum absolute atomic E-state index is 0.106. The second-order valence-electron chi connectivity index (χ2n) is 5.32. The van der Waals surface area contributed by atoms with Crippen LogP contribution in [0.4, 0.5) is 9.18 Å². The van der Waals surface area contributed by atoms with E-state index in [0.717, 1.165) is 12.8 Å². The monoisotopic (exact) mass is 314 g/mol. The molecule has 1 fully saturated rings. The molecule has 1 aromatic carbocycles. The number of amides is 2. The fourth-order valence-electron chi connectivity index (χ4n) is 2.58. The maximum Gasteiger partial charge on any atom is 0.317 e. The highest BCUT2D eigenvalue weighted by Gasteiger charge is 2.22. The van der Waals surface area contributed by atoms with Gasteiger partial charge in [-0.15, -0.1) is 0 Å². The Hall–Kier alpha value is -1.33. The smallest absolute Gasteiger partial charge is 0.317 e. The van der Waals surface area contributed by atoms with Gasteiger partial charge in [0.2, 0.25) is 0 Å². The summed E-state index contributed by atoms with van der Waals surface area (Å²) < 4.78 is 13.6. The molecule has 2 rings (SSSR count). The number of aliphatic hydroxyl groups excluding tert-OH is 1. The third-order valence-electron chi connectivity index (χ3n) is 3.78. The molecule has 4 nitrogen and oxygen atoms in total. The van der Waals surface area contributed by atoms with Crippen molar-refractivity contribution in [2.75, 3.05) is 26.2 Å². The zero-order valence-corrected chi connectivity index (χ0v) is 12.6. The molecule has 1 aliphatic rings. The summed E-state index contributed by atoms with van der Waals surface area (Å²) in [5.74, 6) is -0.194. The van der Waals surface area contributed by atoms with Gasteiger partial charge in [-0.3, -0.25) is 0 Å². The molecule has 1 heterocycles. The molecule has 1 aromatic rings. The van der Waals surface area contributed by atoms with E-state index < -0.39 is 0 Å². The number of rotatable bonds is 4. The predicted molar refractivity (Wildman–Crippen MR) is 79.9 cm³/mol. The van der Waals surface area contributed by atoms with Crippen molar-refractivity contribution in [2.24, 2.45) is 5.92 Å². The van der Waals surface area contributed by atoms with Gasteiger partial charge in [0, 0.05) is 36.8 Å². The zero-order chi connectivity index (χ0) is 15.2. The first kappa shape index (κ1) is 16.0. The van der Waals surface area contributed by atoms with Gasteiger partial charge < -0.3 is 15.3 Å². The van der Waals surface area contributed by atoms with Crippen molar-refractivity contribution in [1.29, 1.82) is 0 Å². The number of nitrogens with one attached hydrogen (secondary N) is 1. The topological polar surface area (TPSA) is 52.6 Å². The summed E-state index contributed by atoms with van der Waals surface area (Å²) in [6, 6.07) is 4.39. The predicted octanol–water partition coefficient (Wildman–Crippen LogP) is 2.44. The molecule has 1 saturated heterocycles. The van der Waals surface area contributed by atoms with Crippen molar-refractivity contribution in [2.45, 2.75) is 19.3 Å². The molecule has 2 N–H and O–H groups in total. The summed E-state index contributed by atoms with van der Waals surface area (Å²) in [6.45, 7) is 1.71. The first-order chi connectivity index (χ1) is 10.1. The molecule has 1 atom stereocenters. The van der Waals surface area contributed by atoms with Gasteiger partial charge in [-0.05, 0) is 37.3 Å². The lowest BCUT2D eigenvalue weighted by Gasteiger charge is -2.31. The standard InChI is InChI=1S/C15H20ClFN2O2/c16-13-4-1-5-14(17)12(13)6-7-18-15(21)19-8-2-3-11(9-19)10-20/h1,4-5,11,20H,2-3,6-10H2,(H,18,21). The molecule has 0 bridgehead atoms. The Morgan fingerprint density at radius 3 is 3.05 bits per heavy atom. The Kier molecular flexibility index (Phi) is 5.82. The molecule has 2 amide bonds. The number of aliphatic hydroxyl groups is 1. The van der Waals surface area contributed by atoms with E-state index in [-0.39, 0.29) is 24.4 Å². The van der Waals surface area contributed by atoms with Crippen molar-refractivity contribution in [3.8, 4) is 0 Å². The largest absolute Gasteiger partial charge is 0.396 e. The number of hydrogen-bond donors (Lipinski definition) is 2. The van der Waals surface area contributed by atoms with Gasteiger partial charge in [0.15, 0.2) is 0 Å². The molecule has 1 aliphatic heterocycles. The van der Waals surface area contributed by atoms with Crippen LogP contribution in [0.25, 0.3) is 0 Å². The number of carbonyl (C=O) groups excluding carboxylic acids is 1. The maximum atomic E-state index is 13.6. The Labute approximate surface area is 128 Å². The van der Waals surface area contributed by atoms with E-state index in [1.165, 1.54) is 6.07 Å². The van der Waals surface area contributed by atoms with E-state index in [2.05, 4.69) is 5.32 Å². The average molecular weight is 315 g/mol. The molecule has 0 aliphatic carbocycles. The zero-order valence-electron chi connectivity index (χ0n) is 11.8. The Morgan fingerprint density at radius 2 is 2.33 bits per heavy atom. The highest BCUT2D eigenvalue weighted by atomic mass is 35.5. The summed E-state index contributed by atoms with van der Waals surface area (Å²) in [5.41, 5.74) is 0.423. The van der Waals surface area contributed by atoms with Crippen molar-refractivity contribution in [3.05, 3.63) is 34.6 Å². The molecule has 6 heteroatoms. The highest BCUT2D eigenvalue weighted by Crippen LogP contribution is 2.19. The normalized spacial score (nSPS) is 18.6. The van der Waals surface area contributed by atoms with Crippen LogP contribution >= 0.6 is 11.6 Å². The fourth-order valence-corrected chi connectivity index (χ4v) is 2.83. The second-order valence-corrected chi connectivity index (χ2v) is 5.73. The number of urea groups is 1. The molecule has 116 valence electrons. The van der Waals surface area contributed by atoms with E-state index in [0.29, 0.717) is 36.6 Å². The Morgan fingerprint density at radius 1 is 1.52 bits per heavy atom. The second kappa shape index (κ2) is 7.61. The lowest BCUT2D eigenvalue weighted by molar-refractivity contribution is 0.129. The number of likely N-dealkylation sites (tertiary alicyclic amines) is 1. The SMILES string of the molecule is O=C(NCCc1c(F)cccc1Cl)N1CCCC(CO)C1. The van der Waals surface area contributed by atoms with Crippen LogP contribution in [0.1, 0.15) is 18.4 Å². The first-order valence-electron chi connectivity index (χ1n) is 7.18. The summed E-state index contributed by atoms with van der Waals surface area (Å²) in [6.07, 6.45) is 2.21. The minimum Gasteiger partial charge on any atom is -0.396 e. The van der Waals surface area contributed by atoms with E-state index in [9.17, 15) is 9.18 Å². The molecule has 0 radical (unpaired) electrons. The van der Waals surface area contributed by atoms with Crippen molar-refractivity contribution < 1.29 is 14.3 Å². The van der Waals surface area contributed by atoms with Crippen molar-refractivity contribution in [3.63, 3.8) is 0 Å². The number of piperidine rings is 1. The molecular weight excluding hydrogens is 295 g/mol. The van der Waals surface area contributed by atoms with Crippen LogP contribution in [-0.4, -0.2) is 42.3 Å². The molecule has 0 aromatic heterocycles. The van der Waals surface area contributed by atoms with Crippen LogP contribution < -0.4 is 5.32 Å². The van der Waals surface area contributed by atoms with Crippen molar-refractivity contribution in [1.82, 2.24) is 10.2 Å². The van der Waals surface area contributed by atoms with Crippen LogP contribution in [0.2, 0.25) is 5.02 Å². The fraction of sp³-hybridized carbons (Fsp3) is 0.533. The molecule has 1 unspecified atom stereocenters. The van der Waals surface area contributed by atoms with Gasteiger partial charge in [-0.1, -0.05) is 17.7 Å². The summed E-state index contributed by atoms with van der Waals surface area (Å²) in [4.78, 5) is 13.7. The molecule has 21 heavy (non-hydrogen) atoms. The van der Waals surface area contributed by atoms with Gasteiger partial charge in [0.1, 0.15) is 5.82 Å². The molecular formula is C15H20ClFN2O2. The Balaban J connectivity index is 1.81. The van der Waals surface area contributed by atoms with Gasteiger partial charge in [-0.25, -0.2) is 9.18 Å². The maximum absolute atomic E-state index is 13.6. The van der Waals surface area contributed by atoms with E-state index in [1.807, 2.05) is 0 Å². The lowest BCUT2D eigenvalue weighted by Crippen LogP contribution is -2.46. The summed E-state index contributed by atoms with van der Waals surface area (Å²) >= 11 is 5.94. The summed E-state index contributed by atoms with van der Waals surface area (Å²) in [7, 11) is 0. The molecule has 0 saturated carbocycles. The van der Waals surface area contributed by atoms with Crippen LogP contribution in [0.3, 0.4) is 0 Å². The van der Waals surface area contributed by atoms with E-state index in [4.69, 9.17) is 16.7 Å². The van der Waals surface area contributed by atoms with Gasteiger partial charge in [-0.2, -0.15) is 0 Å². The summed E-state index contributed by atoms with van der Waals surface area (Å²) in [5, 5.41) is 12.3. The van der Waals surface area contributed by atoms with Crippen LogP contribution in [0, 0.1) is 11.7 Å². The number of benzene rings is 1. The van der Waals surface area contributed by atoms with Gasteiger partial charge in [0.25, 0.3) is 0 Å². The first-order valence-corrected chi connectivity index (χ1v) is 7.56.